The molecular formula is C20H25N2O3+. The molecule has 25 heavy (non-hydrogen) atoms. The Morgan fingerprint density at radius 2 is 1.48 bits per heavy atom. The van der Waals surface area contributed by atoms with E-state index in [0.29, 0.717) is 18.8 Å². The van der Waals surface area contributed by atoms with E-state index in [0.717, 1.165) is 37.7 Å². The summed E-state index contributed by atoms with van der Waals surface area (Å²) in [5.74, 6) is 1.68. The molecule has 1 heterocycles. The lowest BCUT2D eigenvalue weighted by Crippen LogP contribution is -3.12. The number of piperazine rings is 1. The van der Waals surface area contributed by atoms with E-state index in [4.69, 9.17) is 9.47 Å². The standard InChI is InChI=1S/C20H24N2O3/c1-21-11-13-22(14-12-21)20(23)17-7-9-19(10-8-17)25-16-15-24-18-5-3-2-4-6-18/h2-10H,11-16H2,1H3/p+1. The van der Waals surface area contributed by atoms with Gasteiger partial charge in [0.1, 0.15) is 24.7 Å². The van der Waals surface area contributed by atoms with Gasteiger partial charge in [0.15, 0.2) is 0 Å². The van der Waals surface area contributed by atoms with Crippen molar-refractivity contribution < 1.29 is 19.2 Å². The molecule has 5 nitrogen and oxygen atoms in total. The first-order chi connectivity index (χ1) is 12.2. The van der Waals surface area contributed by atoms with Crippen LogP contribution in [0.15, 0.2) is 54.6 Å². The Hall–Kier alpha value is -2.53. The van der Waals surface area contributed by atoms with Gasteiger partial charge in [0.05, 0.1) is 33.2 Å². The third-order valence-electron chi connectivity index (χ3n) is 4.37. The van der Waals surface area contributed by atoms with Gasteiger partial charge in [-0.25, -0.2) is 0 Å². The fourth-order valence-corrected chi connectivity index (χ4v) is 2.80. The second-order valence-electron chi connectivity index (χ2n) is 6.28. The maximum Gasteiger partial charge on any atom is 0.254 e. The molecule has 1 N–H and O–H groups in total. The highest BCUT2D eigenvalue weighted by atomic mass is 16.5. The first-order valence-electron chi connectivity index (χ1n) is 8.73. The Bertz CT molecular complexity index is 665. The SMILES string of the molecule is C[NH+]1CCN(C(=O)c2ccc(OCCOc3ccccc3)cc2)CC1. The Balaban J connectivity index is 1.44. The number of amides is 1. The van der Waals surface area contributed by atoms with Crippen LogP contribution in [0.2, 0.25) is 0 Å². The van der Waals surface area contributed by atoms with Gasteiger partial charge >= 0.3 is 0 Å². The third kappa shape index (κ3) is 4.97. The second kappa shape index (κ2) is 8.53. The van der Waals surface area contributed by atoms with Crippen LogP contribution in [0.1, 0.15) is 10.4 Å². The predicted molar refractivity (Wildman–Crippen MR) is 96.4 cm³/mol. The first-order valence-corrected chi connectivity index (χ1v) is 8.73. The molecule has 0 bridgehead atoms. The van der Waals surface area contributed by atoms with Gasteiger partial charge in [-0.15, -0.1) is 0 Å². The van der Waals surface area contributed by atoms with Crippen LogP contribution in [0.5, 0.6) is 11.5 Å². The third-order valence-corrected chi connectivity index (χ3v) is 4.37. The van der Waals surface area contributed by atoms with Gasteiger partial charge in [0.25, 0.3) is 5.91 Å². The van der Waals surface area contributed by atoms with Crippen LogP contribution in [-0.4, -0.2) is 57.2 Å². The molecule has 1 fully saturated rings. The van der Waals surface area contributed by atoms with Crippen molar-refractivity contribution in [3.8, 4) is 11.5 Å². The molecule has 5 heteroatoms. The number of carbonyl (C=O) groups is 1. The summed E-state index contributed by atoms with van der Waals surface area (Å²) in [7, 11) is 2.16. The zero-order valence-electron chi connectivity index (χ0n) is 14.6. The minimum Gasteiger partial charge on any atom is -0.490 e. The zero-order valence-corrected chi connectivity index (χ0v) is 14.6. The van der Waals surface area contributed by atoms with Crippen LogP contribution in [0, 0.1) is 0 Å². The van der Waals surface area contributed by atoms with Crippen LogP contribution in [0.4, 0.5) is 0 Å². The molecule has 1 amide bonds. The lowest BCUT2D eigenvalue weighted by atomic mass is 10.1. The molecule has 0 radical (unpaired) electrons. The van der Waals surface area contributed by atoms with E-state index in [9.17, 15) is 4.79 Å². The maximum absolute atomic E-state index is 12.5. The molecule has 2 aromatic carbocycles. The number of nitrogens with zero attached hydrogens (tertiary/aromatic N) is 1. The largest absolute Gasteiger partial charge is 0.490 e. The number of hydrogen-bond donors (Lipinski definition) is 1. The quantitative estimate of drug-likeness (QED) is 0.801. The summed E-state index contributed by atoms with van der Waals surface area (Å²) in [5, 5.41) is 0. The number of likely N-dealkylation sites (N-methyl/N-ethyl adjacent to an activating group) is 1. The topological polar surface area (TPSA) is 43.2 Å². The highest BCUT2D eigenvalue weighted by Gasteiger charge is 2.22. The molecule has 0 unspecified atom stereocenters. The summed E-state index contributed by atoms with van der Waals surface area (Å²) >= 11 is 0. The summed E-state index contributed by atoms with van der Waals surface area (Å²) in [5.41, 5.74) is 0.715. The molecule has 0 spiro atoms. The predicted octanol–water partition coefficient (Wildman–Crippen LogP) is 1.11. The van der Waals surface area contributed by atoms with Crippen molar-refractivity contribution in [3.63, 3.8) is 0 Å². The Labute approximate surface area is 148 Å². The average molecular weight is 341 g/mol. The van der Waals surface area contributed by atoms with Crippen molar-refractivity contribution in [2.75, 3.05) is 46.4 Å². The van der Waals surface area contributed by atoms with Gasteiger partial charge in [0, 0.05) is 5.56 Å². The summed E-state index contributed by atoms with van der Waals surface area (Å²) < 4.78 is 11.3. The fraction of sp³-hybridized carbons (Fsp3) is 0.350. The van der Waals surface area contributed by atoms with Crippen molar-refractivity contribution in [2.24, 2.45) is 0 Å². The van der Waals surface area contributed by atoms with Crippen LogP contribution in [0.3, 0.4) is 0 Å². The number of rotatable bonds is 6. The van der Waals surface area contributed by atoms with Crippen LogP contribution >= 0.6 is 0 Å². The number of para-hydroxylation sites is 1. The minimum atomic E-state index is 0.103. The Morgan fingerprint density at radius 1 is 0.920 bits per heavy atom. The average Bonchev–Trinajstić information content (AvgIpc) is 2.67. The summed E-state index contributed by atoms with van der Waals surface area (Å²) in [6.45, 7) is 4.60. The number of benzene rings is 2. The first kappa shape index (κ1) is 17.3. The highest BCUT2D eigenvalue weighted by molar-refractivity contribution is 5.94. The highest BCUT2D eigenvalue weighted by Crippen LogP contribution is 2.14. The molecule has 3 rings (SSSR count). The molecule has 2 aromatic rings. The van der Waals surface area contributed by atoms with Crippen molar-refractivity contribution >= 4 is 5.91 Å². The van der Waals surface area contributed by atoms with Gasteiger partial charge in [-0.2, -0.15) is 0 Å². The van der Waals surface area contributed by atoms with Crippen LogP contribution < -0.4 is 14.4 Å². The van der Waals surface area contributed by atoms with E-state index < -0.39 is 0 Å². The van der Waals surface area contributed by atoms with E-state index in [1.807, 2.05) is 59.5 Å². The summed E-state index contributed by atoms with van der Waals surface area (Å²) in [6, 6.07) is 17.0. The lowest BCUT2D eigenvalue weighted by molar-refractivity contribution is -0.883. The smallest absolute Gasteiger partial charge is 0.254 e. The van der Waals surface area contributed by atoms with Crippen molar-refractivity contribution in [3.05, 3.63) is 60.2 Å². The summed E-state index contributed by atoms with van der Waals surface area (Å²) in [6.07, 6.45) is 0. The van der Waals surface area contributed by atoms with Gasteiger partial charge in [0.2, 0.25) is 0 Å². The molecule has 0 aromatic heterocycles. The molecular weight excluding hydrogens is 316 g/mol. The normalized spacial score (nSPS) is 15.0. The Kier molecular flexibility index (Phi) is 5.90. The summed E-state index contributed by atoms with van der Waals surface area (Å²) in [4.78, 5) is 15.9. The molecule has 0 aliphatic carbocycles. The van der Waals surface area contributed by atoms with E-state index in [1.54, 1.807) is 0 Å². The van der Waals surface area contributed by atoms with Gasteiger partial charge in [-0.3, -0.25) is 4.79 Å². The molecule has 0 saturated carbocycles. The number of quaternary nitrogens is 1. The number of carbonyl (C=O) groups excluding carboxylic acids is 1. The van der Waals surface area contributed by atoms with Crippen molar-refractivity contribution in [2.45, 2.75) is 0 Å². The van der Waals surface area contributed by atoms with E-state index in [-0.39, 0.29) is 5.91 Å². The zero-order chi connectivity index (χ0) is 17.5. The van der Waals surface area contributed by atoms with Crippen molar-refractivity contribution in [1.82, 2.24) is 4.90 Å². The molecule has 0 atom stereocenters. The van der Waals surface area contributed by atoms with E-state index in [2.05, 4.69) is 7.05 Å². The molecule has 1 saturated heterocycles. The molecule has 1 aliphatic rings. The molecule has 1 aliphatic heterocycles. The van der Waals surface area contributed by atoms with Crippen molar-refractivity contribution in [1.29, 1.82) is 0 Å². The van der Waals surface area contributed by atoms with Gasteiger partial charge < -0.3 is 19.3 Å². The lowest BCUT2D eigenvalue weighted by Gasteiger charge is -2.30. The number of ether oxygens (including phenoxy) is 2. The Morgan fingerprint density at radius 3 is 2.08 bits per heavy atom. The maximum atomic E-state index is 12.5. The van der Waals surface area contributed by atoms with E-state index in [1.165, 1.54) is 4.90 Å². The number of nitrogens with one attached hydrogen (secondary N) is 1. The van der Waals surface area contributed by atoms with E-state index >= 15 is 0 Å². The van der Waals surface area contributed by atoms with Gasteiger partial charge in [-0.05, 0) is 36.4 Å². The number of hydrogen-bond acceptors (Lipinski definition) is 3. The molecule has 132 valence electrons. The van der Waals surface area contributed by atoms with Crippen LogP contribution in [-0.2, 0) is 0 Å². The van der Waals surface area contributed by atoms with Crippen LogP contribution in [0.25, 0.3) is 0 Å². The minimum absolute atomic E-state index is 0.103. The van der Waals surface area contributed by atoms with Gasteiger partial charge in [-0.1, -0.05) is 18.2 Å². The second-order valence-corrected chi connectivity index (χ2v) is 6.28. The monoisotopic (exact) mass is 341 g/mol. The fourth-order valence-electron chi connectivity index (χ4n) is 2.80.